The van der Waals surface area contributed by atoms with Crippen molar-refractivity contribution >= 4 is 12.4 Å². The van der Waals surface area contributed by atoms with Crippen molar-refractivity contribution in [3.8, 4) is 17.2 Å². The number of ether oxygens (including phenoxy) is 4. The molecule has 1 heterocycles. The molecule has 6 heteroatoms. The van der Waals surface area contributed by atoms with Gasteiger partial charge in [-0.2, -0.15) is 0 Å². The molecular formula is C21H28ClNO4. The fraction of sp³-hybridized carbons (Fsp3) is 0.429. The van der Waals surface area contributed by atoms with Gasteiger partial charge < -0.3 is 24.7 Å². The number of methoxy groups -OCH3 is 2. The average Bonchev–Trinajstić information content (AvgIpc) is 2.72. The highest BCUT2D eigenvalue weighted by atomic mass is 35.5. The highest BCUT2D eigenvalue weighted by molar-refractivity contribution is 5.85. The van der Waals surface area contributed by atoms with Gasteiger partial charge in [0.1, 0.15) is 12.4 Å². The maximum absolute atomic E-state index is 6.62. The number of rotatable bonds is 7. The number of hydrogen-bond donors (Lipinski definition) is 1. The van der Waals surface area contributed by atoms with Crippen molar-refractivity contribution in [1.29, 1.82) is 0 Å². The highest BCUT2D eigenvalue weighted by Gasteiger charge is 2.26. The lowest BCUT2D eigenvalue weighted by Gasteiger charge is -2.29. The second kappa shape index (κ2) is 10.4. The van der Waals surface area contributed by atoms with Gasteiger partial charge in [0.25, 0.3) is 0 Å². The molecule has 3 rings (SSSR count). The van der Waals surface area contributed by atoms with Crippen molar-refractivity contribution in [1.82, 2.24) is 0 Å². The zero-order chi connectivity index (χ0) is 18.4. The van der Waals surface area contributed by atoms with Crippen LogP contribution >= 0.6 is 12.4 Å². The smallest absolute Gasteiger partial charge is 0.164 e. The van der Waals surface area contributed by atoms with Crippen LogP contribution in [0.25, 0.3) is 0 Å². The molecule has 2 aromatic rings. The van der Waals surface area contributed by atoms with Crippen molar-refractivity contribution in [3.05, 3.63) is 53.6 Å². The van der Waals surface area contributed by atoms with Gasteiger partial charge in [-0.15, -0.1) is 12.4 Å². The van der Waals surface area contributed by atoms with Gasteiger partial charge >= 0.3 is 0 Å². The highest BCUT2D eigenvalue weighted by Crippen LogP contribution is 2.40. The van der Waals surface area contributed by atoms with Gasteiger partial charge in [-0.3, -0.25) is 0 Å². The summed E-state index contributed by atoms with van der Waals surface area (Å²) in [6, 6.07) is 13.8. The van der Waals surface area contributed by atoms with Gasteiger partial charge in [0.05, 0.1) is 14.2 Å². The lowest BCUT2D eigenvalue weighted by atomic mass is 9.87. The number of benzene rings is 2. The lowest BCUT2D eigenvalue weighted by molar-refractivity contribution is 0.0579. The van der Waals surface area contributed by atoms with Gasteiger partial charge in [-0.1, -0.05) is 30.3 Å². The van der Waals surface area contributed by atoms with Crippen molar-refractivity contribution in [2.24, 2.45) is 11.7 Å². The molecule has 2 aromatic carbocycles. The Labute approximate surface area is 167 Å². The van der Waals surface area contributed by atoms with Gasteiger partial charge in [0, 0.05) is 30.9 Å². The van der Waals surface area contributed by atoms with E-state index >= 15 is 0 Å². The molecule has 0 bridgehead atoms. The first-order valence-corrected chi connectivity index (χ1v) is 8.99. The molecule has 1 saturated heterocycles. The Bertz CT molecular complexity index is 705. The monoisotopic (exact) mass is 393 g/mol. The van der Waals surface area contributed by atoms with Crippen molar-refractivity contribution in [3.63, 3.8) is 0 Å². The van der Waals surface area contributed by atoms with E-state index < -0.39 is 0 Å². The zero-order valence-electron chi connectivity index (χ0n) is 15.9. The van der Waals surface area contributed by atoms with E-state index in [1.807, 2.05) is 42.5 Å². The summed E-state index contributed by atoms with van der Waals surface area (Å²) in [5.74, 6) is 2.40. The van der Waals surface area contributed by atoms with Crippen LogP contribution in [0.2, 0.25) is 0 Å². The van der Waals surface area contributed by atoms with Gasteiger partial charge in [0.15, 0.2) is 11.5 Å². The molecular weight excluding hydrogens is 366 g/mol. The van der Waals surface area contributed by atoms with Crippen LogP contribution in [0.5, 0.6) is 17.2 Å². The molecule has 0 unspecified atom stereocenters. The summed E-state index contributed by atoms with van der Waals surface area (Å²) in [4.78, 5) is 0. The third-order valence-electron chi connectivity index (χ3n) is 4.89. The third-order valence-corrected chi connectivity index (χ3v) is 4.89. The van der Waals surface area contributed by atoms with Gasteiger partial charge in [-0.05, 0) is 30.4 Å². The number of halogens is 1. The van der Waals surface area contributed by atoms with Crippen LogP contribution in [0.1, 0.15) is 30.0 Å². The summed E-state index contributed by atoms with van der Waals surface area (Å²) in [5.41, 5.74) is 8.68. The standard InChI is InChI=1S/C21H27NO4.ClH/c1-23-19-12-17(21(22)16-8-10-25-11-9-16)18(13-20(19)24-2)26-14-15-6-4-3-5-7-15;/h3-7,12-13,16,21H,8-11,14,22H2,1-2H3;1H/t21-;/m1./s1. The van der Waals surface area contributed by atoms with Crippen LogP contribution in [0.4, 0.5) is 0 Å². The average molecular weight is 394 g/mol. The first-order chi connectivity index (χ1) is 12.7. The summed E-state index contributed by atoms with van der Waals surface area (Å²) < 4.78 is 22.5. The molecule has 1 aliphatic rings. The van der Waals surface area contributed by atoms with E-state index in [-0.39, 0.29) is 18.4 Å². The maximum atomic E-state index is 6.62. The minimum absolute atomic E-state index is 0. The second-order valence-corrected chi connectivity index (χ2v) is 6.49. The SMILES string of the molecule is COc1cc(OCc2ccccc2)c([C@H](N)C2CCOCC2)cc1OC.Cl. The Balaban J connectivity index is 0.00000261. The molecule has 148 valence electrons. The molecule has 27 heavy (non-hydrogen) atoms. The number of hydrogen-bond acceptors (Lipinski definition) is 5. The second-order valence-electron chi connectivity index (χ2n) is 6.49. The Morgan fingerprint density at radius 3 is 2.26 bits per heavy atom. The molecule has 0 aliphatic carbocycles. The zero-order valence-corrected chi connectivity index (χ0v) is 16.7. The molecule has 0 saturated carbocycles. The lowest BCUT2D eigenvalue weighted by Crippen LogP contribution is -2.28. The summed E-state index contributed by atoms with van der Waals surface area (Å²) in [5, 5.41) is 0. The van der Waals surface area contributed by atoms with E-state index in [9.17, 15) is 0 Å². The molecule has 1 atom stereocenters. The summed E-state index contributed by atoms with van der Waals surface area (Å²) in [6.07, 6.45) is 1.90. The molecule has 1 aliphatic heterocycles. The summed E-state index contributed by atoms with van der Waals surface area (Å²) in [7, 11) is 3.25. The van der Waals surface area contributed by atoms with E-state index in [1.54, 1.807) is 14.2 Å². The van der Waals surface area contributed by atoms with Crippen LogP contribution in [0.15, 0.2) is 42.5 Å². The molecule has 2 N–H and O–H groups in total. The van der Waals surface area contributed by atoms with Crippen LogP contribution in [-0.2, 0) is 11.3 Å². The maximum Gasteiger partial charge on any atom is 0.164 e. The van der Waals surface area contributed by atoms with E-state index in [0.717, 1.165) is 42.9 Å². The largest absolute Gasteiger partial charge is 0.493 e. The minimum Gasteiger partial charge on any atom is -0.493 e. The summed E-state index contributed by atoms with van der Waals surface area (Å²) in [6.45, 7) is 1.99. The molecule has 5 nitrogen and oxygen atoms in total. The fourth-order valence-corrected chi connectivity index (χ4v) is 3.33. The van der Waals surface area contributed by atoms with E-state index in [4.69, 9.17) is 24.7 Å². The van der Waals surface area contributed by atoms with Crippen LogP contribution in [0, 0.1) is 5.92 Å². The number of nitrogens with two attached hydrogens (primary N) is 1. The van der Waals surface area contributed by atoms with Gasteiger partial charge in [0.2, 0.25) is 0 Å². The normalized spacial score (nSPS) is 15.5. The Hall–Kier alpha value is -1.95. The topological polar surface area (TPSA) is 62.9 Å². The van der Waals surface area contributed by atoms with E-state index in [0.29, 0.717) is 24.0 Å². The van der Waals surface area contributed by atoms with E-state index in [1.165, 1.54) is 0 Å². The first kappa shape index (κ1) is 21.4. The molecule has 0 aromatic heterocycles. The summed E-state index contributed by atoms with van der Waals surface area (Å²) >= 11 is 0. The Kier molecular flexibility index (Phi) is 8.23. The Morgan fingerprint density at radius 2 is 1.63 bits per heavy atom. The van der Waals surface area contributed by atoms with Crippen LogP contribution in [-0.4, -0.2) is 27.4 Å². The molecule has 0 amide bonds. The fourth-order valence-electron chi connectivity index (χ4n) is 3.33. The van der Waals surface area contributed by atoms with Gasteiger partial charge in [-0.25, -0.2) is 0 Å². The third kappa shape index (κ3) is 5.28. The van der Waals surface area contributed by atoms with Crippen LogP contribution < -0.4 is 19.9 Å². The Morgan fingerprint density at radius 1 is 1.00 bits per heavy atom. The van der Waals surface area contributed by atoms with E-state index in [2.05, 4.69) is 0 Å². The van der Waals surface area contributed by atoms with Crippen molar-refractivity contribution in [2.45, 2.75) is 25.5 Å². The van der Waals surface area contributed by atoms with Crippen LogP contribution in [0.3, 0.4) is 0 Å². The van der Waals surface area contributed by atoms with Crippen molar-refractivity contribution < 1.29 is 18.9 Å². The molecule has 0 radical (unpaired) electrons. The quantitative estimate of drug-likeness (QED) is 0.766. The first-order valence-electron chi connectivity index (χ1n) is 8.99. The predicted molar refractivity (Wildman–Crippen MR) is 108 cm³/mol. The molecule has 0 spiro atoms. The van der Waals surface area contributed by atoms with Crippen molar-refractivity contribution in [2.75, 3.05) is 27.4 Å². The minimum atomic E-state index is -0.135. The predicted octanol–water partition coefficient (Wildman–Crippen LogP) is 4.13. The molecule has 1 fully saturated rings.